The highest BCUT2D eigenvalue weighted by molar-refractivity contribution is 7.90. The molecule has 0 aromatic heterocycles. The van der Waals surface area contributed by atoms with Gasteiger partial charge in [-0.1, -0.05) is 0 Å². The van der Waals surface area contributed by atoms with E-state index in [4.69, 9.17) is 4.74 Å². The molecular weight excluding hydrogens is 397 g/mol. The van der Waals surface area contributed by atoms with E-state index in [1.54, 1.807) is 25.7 Å². The zero-order valence-electron chi connectivity index (χ0n) is 16.3. The molecule has 6 nitrogen and oxygen atoms in total. The number of ether oxygens (including phenoxy) is 1. The largest absolute Gasteiger partial charge is 0.444 e. The number of hydrogen-bond donors (Lipinski definition) is 1. The van der Waals surface area contributed by atoms with Gasteiger partial charge in [0.15, 0.2) is 9.84 Å². The number of halogens is 3. The van der Waals surface area contributed by atoms with Gasteiger partial charge in [0, 0.05) is 31.1 Å². The van der Waals surface area contributed by atoms with Gasteiger partial charge in [-0.3, -0.25) is 0 Å². The summed E-state index contributed by atoms with van der Waals surface area (Å²) in [6, 6.07) is 2.97. The van der Waals surface area contributed by atoms with Gasteiger partial charge in [0.25, 0.3) is 0 Å². The van der Waals surface area contributed by atoms with E-state index in [2.05, 4.69) is 5.32 Å². The Morgan fingerprint density at radius 1 is 1.18 bits per heavy atom. The zero-order chi connectivity index (χ0) is 21.3. The predicted molar refractivity (Wildman–Crippen MR) is 99.0 cm³/mol. The summed E-state index contributed by atoms with van der Waals surface area (Å²) >= 11 is 0. The molecule has 1 fully saturated rings. The molecule has 1 aromatic carbocycles. The second-order valence-corrected chi connectivity index (χ2v) is 9.85. The Morgan fingerprint density at radius 3 is 2.21 bits per heavy atom. The first kappa shape index (κ1) is 22.3. The summed E-state index contributed by atoms with van der Waals surface area (Å²) in [6.45, 7) is 6.16. The summed E-state index contributed by atoms with van der Waals surface area (Å²) in [7, 11) is -4.00. The molecule has 1 N–H and O–H groups in total. The lowest BCUT2D eigenvalue weighted by molar-refractivity contribution is -0.139. The predicted octanol–water partition coefficient (Wildman–Crippen LogP) is 3.92. The van der Waals surface area contributed by atoms with E-state index >= 15 is 0 Å². The van der Waals surface area contributed by atoms with Crippen molar-refractivity contribution in [2.24, 2.45) is 0 Å². The van der Waals surface area contributed by atoms with Gasteiger partial charge in [-0.2, -0.15) is 13.2 Å². The molecule has 0 radical (unpaired) electrons. The maximum atomic E-state index is 13.3. The van der Waals surface area contributed by atoms with Crippen LogP contribution in [0.4, 0.5) is 23.7 Å². The quantitative estimate of drug-likeness (QED) is 0.799. The fourth-order valence-corrected chi connectivity index (χ4v) is 3.82. The lowest BCUT2D eigenvalue weighted by Gasteiger charge is -2.34. The first-order valence-corrected chi connectivity index (χ1v) is 10.7. The number of nitrogens with one attached hydrogen (secondary N) is 1. The number of carbonyl (C=O) groups excluding carboxylic acids is 1. The lowest BCUT2D eigenvalue weighted by Crippen LogP contribution is -2.44. The van der Waals surface area contributed by atoms with Crippen molar-refractivity contribution in [3.63, 3.8) is 0 Å². The third-order valence-electron chi connectivity index (χ3n) is 4.20. The third kappa shape index (κ3) is 6.02. The highest BCUT2D eigenvalue weighted by atomic mass is 32.2. The van der Waals surface area contributed by atoms with Gasteiger partial charge in [-0.15, -0.1) is 0 Å². The molecule has 0 saturated carbocycles. The average molecular weight is 422 g/mol. The van der Waals surface area contributed by atoms with E-state index in [1.807, 2.05) is 0 Å². The Kier molecular flexibility index (Phi) is 6.22. The molecule has 0 atom stereocenters. The second-order valence-electron chi connectivity index (χ2n) is 7.87. The topological polar surface area (TPSA) is 75.7 Å². The van der Waals surface area contributed by atoms with Crippen LogP contribution in [0.2, 0.25) is 0 Å². The number of anilines is 1. The Hall–Kier alpha value is -1.97. The number of sulfone groups is 1. The maximum absolute atomic E-state index is 13.3. The summed E-state index contributed by atoms with van der Waals surface area (Å²) in [6.07, 6.45) is -3.38. The number of amides is 1. The first-order valence-electron chi connectivity index (χ1n) is 8.82. The van der Waals surface area contributed by atoms with Gasteiger partial charge in [0.1, 0.15) is 5.60 Å². The molecule has 0 spiro atoms. The maximum Gasteiger partial charge on any atom is 0.417 e. The van der Waals surface area contributed by atoms with Crippen molar-refractivity contribution in [3.8, 4) is 0 Å². The Bertz CT molecular complexity index is 824. The van der Waals surface area contributed by atoms with Crippen LogP contribution in [0.1, 0.15) is 39.2 Å². The normalized spacial score (nSPS) is 16.8. The molecule has 1 heterocycles. The van der Waals surface area contributed by atoms with Crippen molar-refractivity contribution in [3.05, 3.63) is 23.8 Å². The Balaban J connectivity index is 2.07. The van der Waals surface area contributed by atoms with Gasteiger partial charge in [-0.05, 0) is 51.8 Å². The molecule has 0 unspecified atom stereocenters. The molecular formula is C18H25F3N2O4S. The van der Waals surface area contributed by atoms with Crippen LogP contribution in [-0.2, 0) is 20.8 Å². The fraction of sp³-hybridized carbons (Fsp3) is 0.611. The van der Waals surface area contributed by atoms with Crippen LogP contribution >= 0.6 is 0 Å². The van der Waals surface area contributed by atoms with Crippen molar-refractivity contribution in [2.75, 3.05) is 24.7 Å². The summed E-state index contributed by atoms with van der Waals surface area (Å²) in [4.78, 5) is 12.9. The van der Waals surface area contributed by atoms with E-state index in [0.29, 0.717) is 25.9 Å². The third-order valence-corrected chi connectivity index (χ3v) is 5.36. The molecule has 1 aliphatic rings. The molecule has 1 saturated heterocycles. The van der Waals surface area contributed by atoms with Crippen LogP contribution in [0.5, 0.6) is 0 Å². The lowest BCUT2D eigenvalue weighted by atomic mass is 10.0. The van der Waals surface area contributed by atoms with Crippen LogP contribution in [0.3, 0.4) is 0 Å². The van der Waals surface area contributed by atoms with Crippen LogP contribution in [0.25, 0.3) is 0 Å². The van der Waals surface area contributed by atoms with Crippen molar-refractivity contribution in [1.82, 2.24) is 4.90 Å². The highest BCUT2D eigenvalue weighted by Crippen LogP contribution is 2.36. The van der Waals surface area contributed by atoms with E-state index in [9.17, 15) is 26.4 Å². The minimum Gasteiger partial charge on any atom is -0.444 e. The minimum atomic E-state index is -4.78. The second kappa shape index (κ2) is 7.81. The average Bonchev–Trinajstić information content (AvgIpc) is 2.52. The molecule has 0 bridgehead atoms. The van der Waals surface area contributed by atoms with Crippen LogP contribution in [0.15, 0.2) is 23.1 Å². The molecule has 158 valence electrons. The van der Waals surface area contributed by atoms with Crippen molar-refractivity contribution >= 4 is 21.6 Å². The Labute approximate surface area is 163 Å². The Morgan fingerprint density at radius 2 is 1.75 bits per heavy atom. The number of benzene rings is 1. The monoisotopic (exact) mass is 422 g/mol. The zero-order valence-corrected chi connectivity index (χ0v) is 17.1. The number of likely N-dealkylation sites (tertiary alicyclic amines) is 1. The van der Waals surface area contributed by atoms with Gasteiger partial charge in [0.2, 0.25) is 0 Å². The number of alkyl halides is 3. The number of rotatable bonds is 3. The molecule has 1 amide bonds. The molecule has 10 heteroatoms. The smallest absolute Gasteiger partial charge is 0.417 e. The SMILES string of the molecule is CC(C)(C)OC(=O)N1CCC(Nc2ccc(S(C)(=O)=O)c(C(F)(F)F)c2)CC1. The molecule has 28 heavy (non-hydrogen) atoms. The van der Waals surface area contributed by atoms with Gasteiger partial charge in [-0.25, -0.2) is 13.2 Å². The van der Waals surface area contributed by atoms with Gasteiger partial charge in [0.05, 0.1) is 10.5 Å². The number of hydrogen-bond acceptors (Lipinski definition) is 5. The van der Waals surface area contributed by atoms with E-state index in [-0.39, 0.29) is 11.7 Å². The van der Waals surface area contributed by atoms with Crippen molar-refractivity contribution < 1.29 is 31.1 Å². The van der Waals surface area contributed by atoms with Crippen molar-refractivity contribution in [2.45, 2.75) is 56.3 Å². The first-order chi connectivity index (χ1) is 12.7. The summed E-state index contributed by atoms with van der Waals surface area (Å²) in [5.41, 5.74) is -1.59. The summed E-state index contributed by atoms with van der Waals surface area (Å²) < 4.78 is 68.4. The molecule has 1 aromatic rings. The number of carbonyl (C=O) groups is 1. The molecule has 1 aliphatic heterocycles. The standard InChI is InChI=1S/C18H25F3N2O4S/c1-17(2,3)27-16(24)23-9-7-12(8-10-23)22-13-5-6-15(28(4,25)26)14(11-13)18(19,20)21/h5-6,11-12,22H,7-10H2,1-4H3. The van der Waals surface area contributed by atoms with Gasteiger partial charge >= 0.3 is 12.3 Å². The van der Waals surface area contributed by atoms with Crippen molar-refractivity contribution in [1.29, 1.82) is 0 Å². The molecule has 2 rings (SSSR count). The summed E-state index contributed by atoms with van der Waals surface area (Å²) in [5.74, 6) is 0. The van der Waals surface area contributed by atoms with Crippen LogP contribution in [-0.4, -0.2) is 50.4 Å². The number of nitrogens with zero attached hydrogens (tertiary/aromatic N) is 1. The number of piperidine rings is 1. The summed E-state index contributed by atoms with van der Waals surface area (Å²) in [5, 5.41) is 3.01. The van der Waals surface area contributed by atoms with Gasteiger partial charge < -0.3 is 15.0 Å². The molecule has 0 aliphatic carbocycles. The minimum absolute atomic E-state index is 0.135. The van der Waals surface area contributed by atoms with Crippen LogP contribution < -0.4 is 5.32 Å². The fourth-order valence-electron chi connectivity index (χ4n) is 2.93. The van der Waals surface area contributed by atoms with E-state index in [1.165, 1.54) is 6.07 Å². The van der Waals surface area contributed by atoms with E-state index < -0.39 is 38.2 Å². The van der Waals surface area contributed by atoms with Crippen LogP contribution in [0, 0.1) is 0 Å². The van der Waals surface area contributed by atoms with E-state index in [0.717, 1.165) is 18.4 Å². The highest BCUT2D eigenvalue weighted by Gasteiger charge is 2.36.